The molecule has 0 aromatic heterocycles. The highest BCUT2D eigenvalue weighted by atomic mass is 31.2. The van der Waals surface area contributed by atoms with E-state index in [1.165, 1.54) is 25.7 Å². The molecule has 0 saturated carbocycles. The number of aliphatic hydroxyl groups is 1. The number of aliphatic hydroxyl groups excluding tert-OH is 1. The second kappa shape index (κ2) is 29.1. The summed E-state index contributed by atoms with van der Waals surface area (Å²) >= 11 is 0. The van der Waals surface area contributed by atoms with Crippen molar-refractivity contribution in [3.05, 3.63) is 36.5 Å². The van der Waals surface area contributed by atoms with Gasteiger partial charge in [-0.25, -0.2) is 9.36 Å². The number of allylic oxidation sites excluding steroid dienone is 6. The summed E-state index contributed by atoms with van der Waals surface area (Å²) in [5.41, 5.74) is 0. The van der Waals surface area contributed by atoms with Gasteiger partial charge in [0.05, 0.1) is 13.2 Å². The highest BCUT2D eigenvalue weighted by Crippen LogP contribution is 2.43. The third-order valence-electron chi connectivity index (χ3n) is 6.68. The Kier molecular flexibility index (Phi) is 27.6. The van der Waals surface area contributed by atoms with Gasteiger partial charge in [0.15, 0.2) is 6.04 Å². The van der Waals surface area contributed by atoms with Gasteiger partial charge in [-0.05, 0) is 51.4 Å². The van der Waals surface area contributed by atoms with E-state index in [1.807, 2.05) is 6.92 Å². The van der Waals surface area contributed by atoms with E-state index in [1.54, 1.807) is 0 Å². The van der Waals surface area contributed by atoms with E-state index in [9.17, 15) is 34.1 Å². The lowest BCUT2D eigenvalue weighted by atomic mass is 10.1. The third kappa shape index (κ3) is 28.9. The fourth-order valence-electron chi connectivity index (χ4n) is 4.00. The minimum absolute atomic E-state index is 0.118. The lowest BCUT2D eigenvalue weighted by molar-refractivity contribution is -0.147. The molecule has 0 aromatic carbocycles. The van der Waals surface area contributed by atoms with E-state index in [2.05, 4.69) is 57.7 Å². The number of esters is 1. The molecule has 0 fully saturated rings. The second-order valence-electron chi connectivity index (χ2n) is 11.0. The molecule has 0 aromatic rings. The summed E-state index contributed by atoms with van der Waals surface area (Å²) in [5, 5.41) is 21.3. The Labute approximate surface area is 270 Å². The molecule has 3 atom stereocenters. The Morgan fingerprint density at radius 2 is 1.24 bits per heavy atom. The Bertz CT molecular complexity index is 921. The first-order chi connectivity index (χ1) is 21.6. The SMILES string of the molecule is CCCCC/C=C\C/C=C\C/C=C\CCCCCCCCC(=O)OCC(O)COP(=O)(O)OCC(NC(=O)CCCC)C(=O)O. The molecular formula is C33H58NO10P. The number of phosphoric ester groups is 1. The molecule has 0 heterocycles. The predicted molar refractivity (Wildman–Crippen MR) is 176 cm³/mol. The number of aliphatic carboxylic acids is 1. The number of ether oxygens (including phenoxy) is 1. The van der Waals surface area contributed by atoms with Crippen molar-refractivity contribution < 1.29 is 47.8 Å². The Morgan fingerprint density at radius 1 is 0.711 bits per heavy atom. The van der Waals surface area contributed by atoms with Gasteiger partial charge in [-0.1, -0.05) is 95.2 Å². The van der Waals surface area contributed by atoms with Crippen LogP contribution in [0.3, 0.4) is 0 Å². The first kappa shape index (κ1) is 42.7. The summed E-state index contributed by atoms with van der Waals surface area (Å²) in [6.45, 7) is 2.18. The standard InChI is InChI=1S/C33H58NO10P/c1-3-5-7-8-9-10-11-12-13-14-15-16-17-18-19-20-21-22-23-25-32(37)42-26-29(35)27-43-45(40,41)44-28-30(33(38)39)34-31(36)24-6-4-2/h9-10,12-13,15-16,29-30,35H,3-8,11,14,17-28H2,1-2H3,(H,34,36)(H,38,39)(H,40,41)/b10-9-,13-12-,16-15-. The van der Waals surface area contributed by atoms with E-state index < -0.39 is 57.6 Å². The molecule has 11 nitrogen and oxygen atoms in total. The predicted octanol–water partition coefficient (Wildman–Crippen LogP) is 6.93. The molecule has 12 heteroatoms. The summed E-state index contributed by atoms with van der Waals surface area (Å²) in [7, 11) is -4.73. The number of carbonyl (C=O) groups excluding carboxylic acids is 2. The highest BCUT2D eigenvalue weighted by molar-refractivity contribution is 7.47. The van der Waals surface area contributed by atoms with Crippen molar-refractivity contribution in [3.8, 4) is 0 Å². The molecule has 0 rings (SSSR count). The van der Waals surface area contributed by atoms with Crippen LogP contribution in [0.25, 0.3) is 0 Å². The van der Waals surface area contributed by atoms with E-state index in [0.29, 0.717) is 12.8 Å². The van der Waals surface area contributed by atoms with Gasteiger partial charge >= 0.3 is 19.8 Å². The third-order valence-corrected chi connectivity index (χ3v) is 7.63. The maximum Gasteiger partial charge on any atom is 0.472 e. The van der Waals surface area contributed by atoms with E-state index in [4.69, 9.17) is 4.74 Å². The van der Waals surface area contributed by atoms with Crippen LogP contribution in [0.1, 0.15) is 123 Å². The van der Waals surface area contributed by atoms with Gasteiger partial charge in [0.1, 0.15) is 12.7 Å². The number of nitrogens with one attached hydrogen (secondary N) is 1. The molecular weight excluding hydrogens is 601 g/mol. The molecule has 0 radical (unpaired) electrons. The number of carbonyl (C=O) groups is 3. The van der Waals surface area contributed by atoms with Crippen molar-refractivity contribution in [1.82, 2.24) is 5.32 Å². The number of unbranched alkanes of at least 4 members (excludes halogenated alkanes) is 10. The van der Waals surface area contributed by atoms with Gasteiger partial charge in [-0.3, -0.25) is 18.6 Å². The van der Waals surface area contributed by atoms with Crippen LogP contribution < -0.4 is 5.32 Å². The minimum atomic E-state index is -4.73. The summed E-state index contributed by atoms with van der Waals surface area (Å²) < 4.78 is 26.3. The van der Waals surface area contributed by atoms with Crippen LogP contribution >= 0.6 is 7.82 Å². The topological polar surface area (TPSA) is 169 Å². The van der Waals surface area contributed by atoms with E-state index >= 15 is 0 Å². The molecule has 0 aliphatic carbocycles. The van der Waals surface area contributed by atoms with Gasteiger partial charge < -0.3 is 25.2 Å². The lowest BCUT2D eigenvalue weighted by Crippen LogP contribution is -2.43. The molecule has 4 N–H and O–H groups in total. The Balaban J connectivity index is 3.84. The number of phosphoric acid groups is 1. The van der Waals surface area contributed by atoms with Crippen LogP contribution in [0.2, 0.25) is 0 Å². The second-order valence-corrected chi connectivity index (χ2v) is 12.5. The zero-order chi connectivity index (χ0) is 33.6. The summed E-state index contributed by atoms with van der Waals surface area (Å²) in [4.78, 5) is 44.7. The zero-order valence-electron chi connectivity index (χ0n) is 27.4. The Hall–Kier alpha value is -2.30. The maximum absolute atomic E-state index is 12.0. The van der Waals surface area contributed by atoms with Gasteiger partial charge in [-0.15, -0.1) is 0 Å². The molecule has 3 unspecified atom stereocenters. The summed E-state index contributed by atoms with van der Waals surface area (Å²) in [5.74, 6) is -2.44. The van der Waals surface area contributed by atoms with E-state index in [-0.39, 0.29) is 12.8 Å². The van der Waals surface area contributed by atoms with Gasteiger partial charge in [-0.2, -0.15) is 0 Å². The van der Waals surface area contributed by atoms with Crippen molar-refractivity contribution in [2.45, 2.75) is 135 Å². The van der Waals surface area contributed by atoms with Crippen LogP contribution in [0.4, 0.5) is 0 Å². The maximum atomic E-state index is 12.0. The number of carboxylic acids is 1. The van der Waals surface area contributed by atoms with E-state index in [0.717, 1.165) is 57.8 Å². The van der Waals surface area contributed by atoms with Crippen LogP contribution in [-0.2, 0) is 32.7 Å². The largest absolute Gasteiger partial charge is 0.480 e. The monoisotopic (exact) mass is 659 g/mol. The van der Waals surface area contributed by atoms with Crippen LogP contribution in [0.15, 0.2) is 36.5 Å². The minimum Gasteiger partial charge on any atom is -0.480 e. The van der Waals surface area contributed by atoms with Crippen LogP contribution in [0, 0.1) is 0 Å². The number of hydrogen-bond acceptors (Lipinski definition) is 8. The van der Waals surface area contributed by atoms with Crippen molar-refractivity contribution in [1.29, 1.82) is 0 Å². The molecule has 1 amide bonds. The quantitative estimate of drug-likeness (QED) is 0.0274. The molecule has 0 spiro atoms. The average Bonchev–Trinajstić information content (AvgIpc) is 3.01. The molecule has 0 aliphatic heterocycles. The zero-order valence-corrected chi connectivity index (χ0v) is 28.3. The smallest absolute Gasteiger partial charge is 0.472 e. The van der Waals surface area contributed by atoms with Crippen molar-refractivity contribution >= 4 is 25.7 Å². The number of rotatable bonds is 30. The van der Waals surface area contributed by atoms with Gasteiger partial charge in [0.2, 0.25) is 5.91 Å². The number of amides is 1. The van der Waals surface area contributed by atoms with Crippen LogP contribution in [0.5, 0.6) is 0 Å². The Morgan fingerprint density at radius 3 is 1.84 bits per heavy atom. The normalized spacial score (nSPS) is 14.6. The van der Waals surface area contributed by atoms with Gasteiger partial charge in [0, 0.05) is 12.8 Å². The fourth-order valence-corrected chi connectivity index (χ4v) is 4.78. The van der Waals surface area contributed by atoms with Crippen molar-refractivity contribution in [2.24, 2.45) is 0 Å². The summed E-state index contributed by atoms with van der Waals surface area (Å²) in [6.07, 6.45) is 27.7. The molecule has 0 saturated heterocycles. The first-order valence-corrected chi connectivity index (χ1v) is 18.0. The average molecular weight is 660 g/mol. The van der Waals surface area contributed by atoms with Crippen molar-refractivity contribution in [3.63, 3.8) is 0 Å². The molecule has 45 heavy (non-hydrogen) atoms. The van der Waals surface area contributed by atoms with Gasteiger partial charge in [0.25, 0.3) is 0 Å². The molecule has 0 bridgehead atoms. The molecule has 260 valence electrons. The summed E-state index contributed by atoms with van der Waals surface area (Å²) in [6, 6.07) is -1.54. The van der Waals surface area contributed by atoms with Crippen LogP contribution in [-0.4, -0.2) is 64.9 Å². The lowest BCUT2D eigenvalue weighted by Gasteiger charge is -2.18. The fraction of sp³-hybridized carbons (Fsp3) is 0.727. The number of hydrogen-bond donors (Lipinski definition) is 4. The first-order valence-electron chi connectivity index (χ1n) is 16.5. The number of carboxylic acid groups (broad SMARTS) is 1. The molecule has 0 aliphatic rings. The highest BCUT2D eigenvalue weighted by Gasteiger charge is 2.28. The van der Waals surface area contributed by atoms with Crippen molar-refractivity contribution in [2.75, 3.05) is 19.8 Å².